The number of rotatable bonds is 11. The van der Waals surface area contributed by atoms with Crippen LogP contribution in [0.2, 0.25) is 5.02 Å². The lowest BCUT2D eigenvalue weighted by Crippen LogP contribution is -2.43. The second-order valence-corrected chi connectivity index (χ2v) is 12.7. The van der Waals surface area contributed by atoms with Gasteiger partial charge >= 0.3 is 5.97 Å². The number of aromatic nitrogens is 1. The van der Waals surface area contributed by atoms with Crippen LogP contribution in [0.1, 0.15) is 36.6 Å². The number of carbonyl (C=O) groups excluding carboxylic acids is 2. The monoisotopic (exact) mass is 717 g/mol. The highest BCUT2D eigenvalue weighted by atomic mass is 35.5. The molecule has 1 saturated heterocycles. The highest BCUT2D eigenvalue weighted by Crippen LogP contribution is 2.40. The molecule has 260 valence electrons. The van der Waals surface area contributed by atoms with E-state index in [1.807, 2.05) is 37.3 Å². The van der Waals surface area contributed by atoms with Gasteiger partial charge in [0, 0.05) is 29.2 Å². The maximum Gasteiger partial charge on any atom is 0.338 e. The summed E-state index contributed by atoms with van der Waals surface area (Å²) in [5, 5.41) is 0.404. The number of nitrogens with zero attached hydrogens (tertiary/aromatic N) is 3. The van der Waals surface area contributed by atoms with Crippen molar-refractivity contribution >= 4 is 46.6 Å². The lowest BCUT2D eigenvalue weighted by atomic mass is 9.92. The van der Waals surface area contributed by atoms with Gasteiger partial charge in [0.05, 0.1) is 49.3 Å². The van der Waals surface area contributed by atoms with E-state index >= 15 is 0 Å². The van der Waals surface area contributed by atoms with Crippen LogP contribution in [0.3, 0.4) is 0 Å². The molecule has 1 amide bonds. The van der Waals surface area contributed by atoms with Crippen LogP contribution in [0.15, 0.2) is 82.1 Å². The molecule has 0 spiro atoms. The van der Waals surface area contributed by atoms with Gasteiger partial charge in [0.15, 0.2) is 22.9 Å². The Morgan fingerprint density at radius 1 is 0.980 bits per heavy atom. The van der Waals surface area contributed by atoms with Gasteiger partial charge < -0.3 is 28.6 Å². The minimum Gasteiger partial charge on any atom is -0.496 e. The molecule has 0 N–H and O–H groups in total. The number of esters is 1. The minimum atomic E-state index is -0.963. The van der Waals surface area contributed by atoms with E-state index < -0.39 is 12.0 Å². The van der Waals surface area contributed by atoms with Crippen molar-refractivity contribution in [3.63, 3.8) is 0 Å². The molecule has 0 saturated carbocycles. The van der Waals surface area contributed by atoms with Gasteiger partial charge in [-0.2, -0.15) is 0 Å². The van der Waals surface area contributed by atoms with Gasteiger partial charge in [-0.1, -0.05) is 59.3 Å². The lowest BCUT2D eigenvalue weighted by Gasteiger charge is -2.27. The van der Waals surface area contributed by atoms with Crippen LogP contribution in [-0.2, 0) is 19.1 Å². The Hall–Kier alpha value is -4.91. The molecule has 2 aliphatic heterocycles. The molecular formula is C37H36ClN3O8S. The van der Waals surface area contributed by atoms with Crippen LogP contribution < -0.4 is 29.1 Å². The van der Waals surface area contributed by atoms with Gasteiger partial charge in [0.2, 0.25) is 0 Å². The summed E-state index contributed by atoms with van der Waals surface area (Å²) in [5.74, 6) is 0.534. The van der Waals surface area contributed by atoms with Crippen molar-refractivity contribution < 1.29 is 33.3 Å². The predicted molar refractivity (Wildman–Crippen MR) is 190 cm³/mol. The van der Waals surface area contributed by atoms with Gasteiger partial charge in [0.1, 0.15) is 11.8 Å². The second-order valence-electron chi connectivity index (χ2n) is 11.2. The summed E-state index contributed by atoms with van der Waals surface area (Å²) in [7, 11) is 1.52. The van der Waals surface area contributed by atoms with Crippen LogP contribution in [0.4, 0.5) is 0 Å². The zero-order valence-electron chi connectivity index (χ0n) is 27.8. The van der Waals surface area contributed by atoms with Crippen molar-refractivity contribution in [3.8, 4) is 17.2 Å². The van der Waals surface area contributed by atoms with Crippen LogP contribution in [0.5, 0.6) is 17.2 Å². The summed E-state index contributed by atoms with van der Waals surface area (Å²) in [5.41, 5.74) is 2.05. The first-order valence-electron chi connectivity index (χ1n) is 16.2. The highest BCUT2D eigenvalue weighted by molar-refractivity contribution is 7.07. The van der Waals surface area contributed by atoms with Crippen molar-refractivity contribution in [3.05, 3.63) is 114 Å². The third-order valence-electron chi connectivity index (χ3n) is 8.14. The van der Waals surface area contributed by atoms with E-state index in [9.17, 15) is 14.4 Å². The van der Waals surface area contributed by atoms with Gasteiger partial charge in [-0.25, -0.2) is 9.79 Å². The smallest absolute Gasteiger partial charge is 0.338 e. The third kappa shape index (κ3) is 7.32. The van der Waals surface area contributed by atoms with Crippen molar-refractivity contribution in [2.24, 2.45) is 4.99 Å². The number of fused-ring (bicyclic) bond motifs is 1. The Balaban J connectivity index is 1.47. The SMILES string of the molecule is CCOC(=O)C1=C(c2ccccc2)N=c2s/c(=C\c3ccc(OCC(=O)N4CCOCC4)c(OCC)c3)c(=O)n2[C@@H]1c1cc(Cl)ccc1OC. The summed E-state index contributed by atoms with van der Waals surface area (Å²) < 4.78 is 30.2. The number of halogens is 1. The Morgan fingerprint density at radius 3 is 2.46 bits per heavy atom. The van der Waals surface area contributed by atoms with Gasteiger partial charge in [-0.15, -0.1) is 0 Å². The number of carbonyl (C=O) groups is 2. The summed E-state index contributed by atoms with van der Waals surface area (Å²) >= 11 is 7.68. The number of amides is 1. The molecule has 1 fully saturated rings. The zero-order chi connectivity index (χ0) is 35.2. The maximum atomic E-state index is 14.4. The van der Waals surface area contributed by atoms with Gasteiger partial charge in [-0.3, -0.25) is 14.2 Å². The molecule has 50 heavy (non-hydrogen) atoms. The quantitative estimate of drug-likeness (QED) is 0.212. The molecular weight excluding hydrogens is 682 g/mol. The first-order chi connectivity index (χ1) is 24.3. The molecule has 13 heteroatoms. The normalized spacial score (nSPS) is 16.0. The van der Waals surface area contributed by atoms with Crippen molar-refractivity contribution in [1.82, 2.24) is 9.47 Å². The topological polar surface area (TPSA) is 118 Å². The molecule has 0 radical (unpaired) electrons. The fraction of sp³-hybridized carbons (Fsp3) is 0.297. The largest absolute Gasteiger partial charge is 0.496 e. The van der Waals surface area contributed by atoms with E-state index in [1.165, 1.54) is 23.0 Å². The molecule has 1 aromatic heterocycles. The molecule has 0 bridgehead atoms. The summed E-state index contributed by atoms with van der Waals surface area (Å²) in [4.78, 5) is 47.9. The summed E-state index contributed by atoms with van der Waals surface area (Å²) in [6.07, 6.45) is 1.73. The number of thiazole rings is 1. The third-order valence-corrected chi connectivity index (χ3v) is 9.36. The van der Waals surface area contributed by atoms with E-state index in [1.54, 1.807) is 54.3 Å². The molecule has 0 unspecified atom stereocenters. The number of ether oxygens (including phenoxy) is 5. The van der Waals surface area contributed by atoms with Crippen LogP contribution in [0.25, 0.3) is 11.8 Å². The Labute approximate surface area is 297 Å². The number of hydrogen-bond acceptors (Lipinski definition) is 10. The zero-order valence-corrected chi connectivity index (χ0v) is 29.4. The number of benzene rings is 3. The average molecular weight is 718 g/mol. The maximum absolute atomic E-state index is 14.4. The van der Waals surface area contributed by atoms with E-state index in [0.717, 1.165) is 0 Å². The Morgan fingerprint density at radius 2 is 1.74 bits per heavy atom. The molecule has 4 aromatic rings. The molecule has 6 rings (SSSR count). The Bertz CT molecular complexity index is 2100. The first kappa shape index (κ1) is 34.9. The number of methoxy groups -OCH3 is 1. The second kappa shape index (κ2) is 15.8. The number of morpholine rings is 1. The number of hydrogen-bond donors (Lipinski definition) is 0. The fourth-order valence-electron chi connectivity index (χ4n) is 5.85. The highest BCUT2D eigenvalue weighted by Gasteiger charge is 2.37. The van der Waals surface area contributed by atoms with E-state index in [2.05, 4.69) is 0 Å². The standard InChI is InChI=1S/C37H36ClN3O8S/c1-4-47-29-19-23(11-13-28(29)49-22-31(42)40-15-17-46-18-16-40)20-30-35(43)41-34(26-21-25(38)12-14-27(26)45-3)32(36(44)48-5-2)33(39-37(41)50-30)24-9-7-6-8-10-24/h6-14,19-21,34H,4-5,15-18,22H2,1-3H3/b30-20-/t34-/m1/s1. The van der Waals surface area contributed by atoms with Gasteiger partial charge in [-0.05, 0) is 55.8 Å². The average Bonchev–Trinajstić information content (AvgIpc) is 3.45. The summed E-state index contributed by atoms with van der Waals surface area (Å²) in [6.45, 7) is 5.96. The summed E-state index contributed by atoms with van der Waals surface area (Å²) in [6, 6.07) is 18.6. The van der Waals surface area contributed by atoms with Crippen LogP contribution in [-0.4, -0.2) is 74.6 Å². The van der Waals surface area contributed by atoms with E-state index in [0.29, 0.717) is 86.9 Å². The molecule has 3 aromatic carbocycles. The molecule has 0 aliphatic carbocycles. The molecule has 11 nitrogen and oxygen atoms in total. The molecule has 3 heterocycles. The fourth-order valence-corrected chi connectivity index (χ4v) is 7.03. The molecule has 2 aliphatic rings. The van der Waals surface area contributed by atoms with Crippen molar-refractivity contribution in [2.45, 2.75) is 19.9 Å². The predicted octanol–water partition coefficient (Wildman–Crippen LogP) is 4.23. The lowest BCUT2D eigenvalue weighted by molar-refractivity contribution is -0.139. The van der Waals surface area contributed by atoms with E-state index in [4.69, 9.17) is 40.3 Å². The minimum absolute atomic E-state index is 0.122. The Kier molecular flexibility index (Phi) is 11.0. The van der Waals surface area contributed by atoms with Crippen molar-refractivity contribution in [1.29, 1.82) is 0 Å². The van der Waals surface area contributed by atoms with Crippen LogP contribution >= 0.6 is 22.9 Å². The first-order valence-corrected chi connectivity index (χ1v) is 17.4. The van der Waals surface area contributed by atoms with Crippen molar-refractivity contribution in [2.75, 3.05) is 53.2 Å². The molecule has 1 atom stereocenters. The van der Waals surface area contributed by atoms with Crippen LogP contribution in [0, 0.1) is 0 Å². The van der Waals surface area contributed by atoms with E-state index in [-0.39, 0.29) is 30.3 Å². The van der Waals surface area contributed by atoms with Gasteiger partial charge in [0.25, 0.3) is 11.5 Å².